The Morgan fingerprint density at radius 3 is 2.88 bits per heavy atom. The van der Waals surface area contributed by atoms with Crippen LogP contribution >= 0.6 is 0 Å². The van der Waals surface area contributed by atoms with E-state index in [2.05, 4.69) is 5.32 Å². The Balaban J connectivity index is 2.15. The predicted molar refractivity (Wildman–Crippen MR) is 59.9 cm³/mol. The molecule has 0 radical (unpaired) electrons. The van der Waals surface area contributed by atoms with Gasteiger partial charge in [0, 0.05) is 6.61 Å². The molecule has 0 spiro atoms. The molecule has 0 bridgehead atoms. The van der Waals surface area contributed by atoms with Gasteiger partial charge in [-0.15, -0.1) is 0 Å². The number of hydrogen-bond acceptors (Lipinski definition) is 3. The summed E-state index contributed by atoms with van der Waals surface area (Å²) in [5.74, 6) is -0.305. The highest BCUT2D eigenvalue weighted by molar-refractivity contribution is 5.47. The highest BCUT2D eigenvalue weighted by Crippen LogP contribution is 2.25. The van der Waals surface area contributed by atoms with Crippen molar-refractivity contribution in [1.82, 2.24) is 0 Å². The molecule has 1 aromatic carbocycles. The number of aliphatic hydroxyl groups is 1. The topological polar surface area (TPSA) is 41.5 Å². The third-order valence-electron chi connectivity index (χ3n) is 2.90. The van der Waals surface area contributed by atoms with Crippen molar-refractivity contribution in [3.05, 3.63) is 30.1 Å². The molecule has 1 heterocycles. The van der Waals surface area contributed by atoms with E-state index in [1.54, 1.807) is 18.2 Å². The summed E-state index contributed by atoms with van der Waals surface area (Å²) >= 11 is 0. The molecular formula is C12H16FNO2. The first kappa shape index (κ1) is 11.4. The van der Waals surface area contributed by atoms with Crippen molar-refractivity contribution in [2.75, 3.05) is 25.1 Å². The average Bonchev–Trinajstić information content (AvgIpc) is 2.33. The number of aliphatic hydroxyl groups excluding tert-OH is 1. The number of anilines is 1. The first-order valence-electron chi connectivity index (χ1n) is 5.47. The van der Waals surface area contributed by atoms with Crippen LogP contribution in [0.15, 0.2) is 24.3 Å². The maximum atomic E-state index is 13.5. The zero-order valence-corrected chi connectivity index (χ0v) is 9.08. The van der Waals surface area contributed by atoms with Crippen molar-refractivity contribution < 1.29 is 14.2 Å². The third kappa shape index (κ3) is 2.33. The Labute approximate surface area is 94.2 Å². The van der Waals surface area contributed by atoms with Gasteiger partial charge >= 0.3 is 0 Å². The molecule has 0 aromatic heterocycles. The molecule has 1 saturated heterocycles. The molecule has 0 saturated carbocycles. The molecule has 2 rings (SSSR count). The van der Waals surface area contributed by atoms with Crippen molar-refractivity contribution in [2.45, 2.75) is 18.4 Å². The SMILES string of the molecule is OCC1(Nc2ccccc2F)CCCOC1. The number of nitrogens with one attached hydrogen (secondary N) is 1. The lowest BCUT2D eigenvalue weighted by Gasteiger charge is -2.37. The summed E-state index contributed by atoms with van der Waals surface area (Å²) in [4.78, 5) is 0. The number of rotatable bonds is 3. The van der Waals surface area contributed by atoms with Crippen LogP contribution in [-0.4, -0.2) is 30.5 Å². The van der Waals surface area contributed by atoms with E-state index >= 15 is 0 Å². The monoisotopic (exact) mass is 225 g/mol. The molecule has 16 heavy (non-hydrogen) atoms. The molecule has 0 aliphatic carbocycles. The van der Waals surface area contributed by atoms with Gasteiger partial charge in [0.15, 0.2) is 0 Å². The molecule has 3 nitrogen and oxygen atoms in total. The van der Waals surface area contributed by atoms with Crippen molar-refractivity contribution >= 4 is 5.69 Å². The molecule has 88 valence electrons. The average molecular weight is 225 g/mol. The van der Waals surface area contributed by atoms with Crippen LogP contribution in [0.3, 0.4) is 0 Å². The summed E-state index contributed by atoms with van der Waals surface area (Å²) in [5, 5.41) is 12.5. The van der Waals surface area contributed by atoms with Crippen LogP contribution in [0.4, 0.5) is 10.1 Å². The molecule has 1 aliphatic heterocycles. The molecular weight excluding hydrogens is 209 g/mol. The molecule has 1 fully saturated rings. The van der Waals surface area contributed by atoms with Gasteiger partial charge in [-0.25, -0.2) is 4.39 Å². The largest absolute Gasteiger partial charge is 0.394 e. The van der Waals surface area contributed by atoms with Gasteiger partial charge in [-0.3, -0.25) is 0 Å². The summed E-state index contributed by atoms with van der Waals surface area (Å²) in [6, 6.07) is 6.47. The van der Waals surface area contributed by atoms with E-state index in [0.29, 0.717) is 18.9 Å². The number of para-hydroxylation sites is 1. The lowest BCUT2D eigenvalue weighted by molar-refractivity contribution is 0.0216. The van der Waals surface area contributed by atoms with E-state index in [0.717, 1.165) is 12.8 Å². The fraction of sp³-hybridized carbons (Fsp3) is 0.500. The minimum Gasteiger partial charge on any atom is -0.394 e. The highest BCUT2D eigenvalue weighted by Gasteiger charge is 2.32. The van der Waals surface area contributed by atoms with Gasteiger partial charge in [-0.05, 0) is 25.0 Å². The van der Waals surface area contributed by atoms with Crippen molar-refractivity contribution in [1.29, 1.82) is 0 Å². The van der Waals surface area contributed by atoms with Gasteiger partial charge in [-0.1, -0.05) is 12.1 Å². The van der Waals surface area contributed by atoms with Gasteiger partial charge in [-0.2, -0.15) is 0 Å². The van der Waals surface area contributed by atoms with Crippen molar-refractivity contribution in [3.8, 4) is 0 Å². The Morgan fingerprint density at radius 1 is 1.44 bits per heavy atom. The summed E-state index contributed by atoms with van der Waals surface area (Å²) in [6.07, 6.45) is 1.67. The van der Waals surface area contributed by atoms with Gasteiger partial charge in [0.2, 0.25) is 0 Å². The maximum Gasteiger partial charge on any atom is 0.146 e. The summed E-state index contributed by atoms with van der Waals surface area (Å²) in [5.41, 5.74) is -0.123. The van der Waals surface area contributed by atoms with Gasteiger partial charge < -0.3 is 15.2 Å². The van der Waals surface area contributed by atoms with Crippen LogP contribution in [0.25, 0.3) is 0 Å². The standard InChI is InChI=1S/C12H16FNO2/c13-10-4-1-2-5-11(10)14-12(8-15)6-3-7-16-9-12/h1-2,4-5,14-15H,3,6-9H2. The lowest BCUT2D eigenvalue weighted by Crippen LogP contribution is -2.49. The van der Waals surface area contributed by atoms with Crippen LogP contribution in [0, 0.1) is 5.82 Å². The molecule has 4 heteroatoms. The molecule has 0 amide bonds. The normalized spacial score (nSPS) is 25.4. The van der Waals surface area contributed by atoms with Gasteiger partial charge in [0.1, 0.15) is 5.82 Å². The second kappa shape index (κ2) is 4.80. The van der Waals surface area contributed by atoms with Gasteiger partial charge in [0.05, 0.1) is 24.4 Å². The number of benzene rings is 1. The van der Waals surface area contributed by atoms with E-state index in [-0.39, 0.29) is 12.4 Å². The van der Waals surface area contributed by atoms with Crippen LogP contribution in [-0.2, 0) is 4.74 Å². The van der Waals surface area contributed by atoms with Crippen LogP contribution < -0.4 is 5.32 Å². The Bertz CT molecular complexity index is 351. The van der Waals surface area contributed by atoms with Crippen LogP contribution in [0.1, 0.15) is 12.8 Å². The molecule has 1 unspecified atom stereocenters. The Hall–Kier alpha value is -1.13. The molecule has 1 atom stereocenters. The van der Waals surface area contributed by atoms with E-state index in [1.807, 2.05) is 0 Å². The first-order valence-corrected chi connectivity index (χ1v) is 5.47. The number of ether oxygens (including phenoxy) is 1. The van der Waals surface area contributed by atoms with E-state index in [9.17, 15) is 9.50 Å². The minimum atomic E-state index is -0.541. The zero-order chi connectivity index (χ0) is 11.4. The summed E-state index contributed by atoms with van der Waals surface area (Å²) in [6.45, 7) is 1.07. The molecule has 1 aliphatic rings. The van der Waals surface area contributed by atoms with E-state index < -0.39 is 5.54 Å². The summed E-state index contributed by atoms with van der Waals surface area (Å²) < 4.78 is 18.8. The van der Waals surface area contributed by atoms with Crippen LogP contribution in [0.5, 0.6) is 0 Å². The number of halogens is 1. The van der Waals surface area contributed by atoms with E-state index in [4.69, 9.17) is 4.74 Å². The quantitative estimate of drug-likeness (QED) is 0.824. The highest BCUT2D eigenvalue weighted by atomic mass is 19.1. The van der Waals surface area contributed by atoms with Crippen molar-refractivity contribution in [2.24, 2.45) is 0 Å². The number of hydrogen-bond donors (Lipinski definition) is 2. The molecule has 2 N–H and O–H groups in total. The first-order chi connectivity index (χ1) is 7.76. The third-order valence-corrected chi connectivity index (χ3v) is 2.90. The second-order valence-electron chi connectivity index (χ2n) is 4.20. The van der Waals surface area contributed by atoms with Crippen LogP contribution in [0.2, 0.25) is 0 Å². The second-order valence-corrected chi connectivity index (χ2v) is 4.20. The predicted octanol–water partition coefficient (Wildman–Crippen LogP) is 1.78. The lowest BCUT2D eigenvalue weighted by atomic mass is 9.93. The minimum absolute atomic E-state index is 0.0542. The Morgan fingerprint density at radius 2 is 2.25 bits per heavy atom. The fourth-order valence-corrected chi connectivity index (χ4v) is 1.96. The summed E-state index contributed by atoms with van der Waals surface area (Å²) in [7, 11) is 0. The zero-order valence-electron chi connectivity index (χ0n) is 9.08. The van der Waals surface area contributed by atoms with Crippen molar-refractivity contribution in [3.63, 3.8) is 0 Å². The maximum absolute atomic E-state index is 13.5. The van der Waals surface area contributed by atoms with E-state index in [1.165, 1.54) is 6.07 Å². The molecule has 1 aromatic rings. The Kier molecular flexibility index (Phi) is 3.41. The van der Waals surface area contributed by atoms with Gasteiger partial charge in [0.25, 0.3) is 0 Å². The fourth-order valence-electron chi connectivity index (χ4n) is 1.96. The smallest absolute Gasteiger partial charge is 0.146 e.